The van der Waals surface area contributed by atoms with Crippen LogP contribution in [0.4, 0.5) is 5.82 Å². The highest BCUT2D eigenvalue weighted by Gasteiger charge is 2.17. The summed E-state index contributed by atoms with van der Waals surface area (Å²) in [6.45, 7) is 2.39. The van der Waals surface area contributed by atoms with Crippen molar-refractivity contribution in [3.63, 3.8) is 0 Å². The molecule has 0 aliphatic heterocycles. The fourth-order valence-corrected chi connectivity index (χ4v) is 3.78. The second-order valence-corrected chi connectivity index (χ2v) is 6.42. The van der Waals surface area contributed by atoms with Crippen LogP contribution in [0.25, 0.3) is 31.6 Å². The lowest BCUT2D eigenvalue weighted by atomic mass is 10.0. The predicted octanol–water partition coefficient (Wildman–Crippen LogP) is 1.91. The van der Waals surface area contributed by atoms with E-state index >= 15 is 0 Å². The van der Waals surface area contributed by atoms with Crippen LogP contribution in [-0.2, 0) is 0 Å². The maximum Gasteiger partial charge on any atom is 0.184 e. The van der Waals surface area contributed by atoms with Gasteiger partial charge in [-0.05, 0) is 41.5 Å². The molecular formula is C16H15N7OS. The summed E-state index contributed by atoms with van der Waals surface area (Å²) in [5.74, 6) is 0.569. The molecule has 4 aromatic rings. The molecule has 0 aliphatic carbocycles. The standard InChI is InChI=1S/C16H15N7OS/c1-9-8-11(10-2-4-17-5-3-10)12-13-14(25-16(12)19-9)15(22-23-20-13)21-18-6-7-24/h2-5,8,18,24H,6-7H2,1H3,(H,20,21,22). The van der Waals surface area contributed by atoms with Crippen molar-refractivity contribution in [2.45, 2.75) is 6.92 Å². The normalized spacial score (nSPS) is 11.3. The minimum Gasteiger partial charge on any atom is -0.395 e. The van der Waals surface area contributed by atoms with E-state index in [0.717, 1.165) is 37.3 Å². The van der Waals surface area contributed by atoms with E-state index in [-0.39, 0.29) is 6.61 Å². The van der Waals surface area contributed by atoms with Gasteiger partial charge in [0.25, 0.3) is 0 Å². The van der Waals surface area contributed by atoms with E-state index < -0.39 is 0 Å². The van der Waals surface area contributed by atoms with Crippen molar-refractivity contribution < 1.29 is 5.11 Å². The number of anilines is 1. The third-order valence-electron chi connectivity index (χ3n) is 3.70. The highest BCUT2D eigenvalue weighted by Crippen LogP contribution is 2.39. The number of nitrogens with zero attached hydrogens (tertiary/aromatic N) is 5. The number of hydrogen-bond acceptors (Lipinski definition) is 9. The third kappa shape index (κ3) is 2.88. The predicted molar refractivity (Wildman–Crippen MR) is 97.2 cm³/mol. The van der Waals surface area contributed by atoms with E-state index in [1.807, 2.05) is 25.1 Å². The van der Waals surface area contributed by atoms with Crippen LogP contribution in [0.15, 0.2) is 30.6 Å². The van der Waals surface area contributed by atoms with E-state index in [0.29, 0.717) is 12.4 Å². The van der Waals surface area contributed by atoms with Gasteiger partial charge in [0.15, 0.2) is 5.82 Å². The van der Waals surface area contributed by atoms with Crippen LogP contribution in [0, 0.1) is 6.92 Å². The van der Waals surface area contributed by atoms with Crippen molar-refractivity contribution in [3.8, 4) is 11.1 Å². The van der Waals surface area contributed by atoms with Gasteiger partial charge >= 0.3 is 0 Å². The molecule has 25 heavy (non-hydrogen) atoms. The Morgan fingerprint density at radius 2 is 2.04 bits per heavy atom. The van der Waals surface area contributed by atoms with Crippen LogP contribution in [0.1, 0.15) is 5.69 Å². The number of fused-ring (bicyclic) bond motifs is 3. The van der Waals surface area contributed by atoms with E-state index in [2.05, 4.69) is 36.2 Å². The van der Waals surface area contributed by atoms with Gasteiger partial charge in [-0.3, -0.25) is 4.98 Å². The number of pyridine rings is 2. The van der Waals surface area contributed by atoms with Gasteiger partial charge < -0.3 is 10.5 Å². The molecule has 8 nitrogen and oxygen atoms in total. The number of hydrazine groups is 1. The highest BCUT2D eigenvalue weighted by atomic mass is 32.1. The molecule has 0 atom stereocenters. The summed E-state index contributed by atoms with van der Waals surface area (Å²) in [5.41, 5.74) is 9.65. The molecule has 126 valence electrons. The molecule has 0 saturated carbocycles. The molecule has 0 saturated heterocycles. The van der Waals surface area contributed by atoms with E-state index in [1.165, 1.54) is 11.3 Å². The third-order valence-corrected chi connectivity index (χ3v) is 4.78. The molecule has 0 unspecified atom stereocenters. The van der Waals surface area contributed by atoms with E-state index in [9.17, 15) is 0 Å². The number of aliphatic hydroxyl groups excluding tert-OH is 1. The smallest absolute Gasteiger partial charge is 0.184 e. The number of thiophene rings is 1. The topological polar surface area (TPSA) is 109 Å². The molecule has 0 bridgehead atoms. The molecule has 0 aromatic carbocycles. The fraction of sp³-hybridized carbons (Fsp3) is 0.188. The zero-order valence-corrected chi connectivity index (χ0v) is 14.2. The van der Waals surface area contributed by atoms with Crippen molar-refractivity contribution in [3.05, 3.63) is 36.3 Å². The van der Waals surface area contributed by atoms with Gasteiger partial charge in [0.2, 0.25) is 0 Å². The fourth-order valence-electron chi connectivity index (χ4n) is 2.66. The second kappa shape index (κ2) is 6.63. The van der Waals surface area contributed by atoms with E-state index in [4.69, 9.17) is 5.11 Å². The van der Waals surface area contributed by atoms with Crippen LogP contribution in [0.2, 0.25) is 0 Å². The van der Waals surface area contributed by atoms with Crippen molar-refractivity contribution in [2.24, 2.45) is 0 Å². The summed E-state index contributed by atoms with van der Waals surface area (Å²) < 4.78 is 0.865. The van der Waals surface area contributed by atoms with Crippen LogP contribution in [0.5, 0.6) is 0 Å². The summed E-state index contributed by atoms with van der Waals surface area (Å²) in [5, 5.41) is 22.0. The Morgan fingerprint density at radius 1 is 1.20 bits per heavy atom. The number of nitrogens with one attached hydrogen (secondary N) is 2. The van der Waals surface area contributed by atoms with E-state index in [1.54, 1.807) is 12.4 Å². The lowest BCUT2D eigenvalue weighted by molar-refractivity contribution is 0.296. The van der Waals surface area contributed by atoms with Crippen molar-refractivity contribution >= 4 is 37.6 Å². The summed E-state index contributed by atoms with van der Waals surface area (Å²) in [7, 11) is 0. The first-order valence-corrected chi connectivity index (χ1v) is 8.53. The van der Waals surface area contributed by atoms with Crippen LogP contribution < -0.4 is 10.9 Å². The molecular weight excluding hydrogens is 338 g/mol. The zero-order chi connectivity index (χ0) is 17.2. The summed E-state index contributed by atoms with van der Waals surface area (Å²) in [4.78, 5) is 9.63. The molecule has 4 rings (SSSR count). The van der Waals surface area contributed by atoms with Crippen LogP contribution >= 0.6 is 11.3 Å². The van der Waals surface area contributed by atoms with Gasteiger partial charge in [0.1, 0.15) is 15.0 Å². The quantitative estimate of drug-likeness (QED) is 0.369. The average molecular weight is 353 g/mol. The van der Waals surface area contributed by atoms with Crippen molar-refractivity contribution in [1.29, 1.82) is 0 Å². The Labute approximate surface area is 146 Å². The minimum absolute atomic E-state index is 0.0218. The van der Waals surface area contributed by atoms with Gasteiger partial charge in [-0.25, -0.2) is 10.4 Å². The maximum absolute atomic E-state index is 8.90. The first-order chi connectivity index (χ1) is 12.3. The van der Waals surface area contributed by atoms with Crippen molar-refractivity contribution in [1.82, 2.24) is 30.8 Å². The molecule has 3 N–H and O–H groups in total. The zero-order valence-electron chi connectivity index (χ0n) is 13.4. The second-order valence-electron chi connectivity index (χ2n) is 5.42. The maximum atomic E-state index is 8.90. The molecule has 0 fully saturated rings. The highest BCUT2D eigenvalue weighted by molar-refractivity contribution is 7.26. The van der Waals surface area contributed by atoms with Crippen LogP contribution in [-0.4, -0.2) is 43.6 Å². The lowest BCUT2D eigenvalue weighted by Gasteiger charge is -2.06. The number of rotatable bonds is 5. The molecule has 0 radical (unpaired) electrons. The van der Waals surface area contributed by atoms with Gasteiger partial charge in [-0.2, -0.15) is 0 Å². The van der Waals surface area contributed by atoms with Crippen LogP contribution in [0.3, 0.4) is 0 Å². The summed E-state index contributed by atoms with van der Waals surface area (Å²) in [6.07, 6.45) is 3.54. The molecule has 4 aromatic heterocycles. The van der Waals surface area contributed by atoms with Gasteiger partial charge in [0.05, 0.1) is 6.61 Å². The molecule has 0 spiro atoms. The van der Waals surface area contributed by atoms with Gasteiger partial charge in [0, 0.05) is 30.0 Å². The Morgan fingerprint density at radius 3 is 2.84 bits per heavy atom. The molecule has 9 heteroatoms. The number of aromatic nitrogens is 5. The molecule has 4 heterocycles. The number of aryl methyl sites for hydroxylation is 1. The Kier molecular flexibility index (Phi) is 4.18. The SMILES string of the molecule is Cc1cc(-c2ccncc2)c2c(n1)sc1c(NNCCO)nnnc12. The number of hydrogen-bond donors (Lipinski definition) is 3. The minimum atomic E-state index is 0.0218. The molecule has 0 aliphatic rings. The first-order valence-electron chi connectivity index (χ1n) is 7.71. The van der Waals surface area contributed by atoms with Gasteiger partial charge in [-0.1, -0.05) is 0 Å². The Balaban J connectivity index is 1.95. The monoisotopic (exact) mass is 353 g/mol. The average Bonchev–Trinajstić information content (AvgIpc) is 3.01. The summed E-state index contributed by atoms with van der Waals surface area (Å²) >= 11 is 1.51. The number of aliphatic hydroxyl groups is 1. The molecule has 0 amide bonds. The lowest BCUT2D eigenvalue weighted by Crippen LogP contribution is -2.25. The Hall–Kier alpha value is -2.75. The van der Waals surface area contributed by atoms with Gasteiger partial charge in [-0.15, -0.1) is 21.5 Å². The largest absolute Gasteiger partial charge is 0.395 e. The van der Waals surface area contributed by atoms with Crippen molar-refractivity contribution in [2.75, 3.05) is 18.6 Å². The first kappa shape index (κ1) is 15.8. The summed E-state index contributed by atoms with van der Waals surface area (Å²) in [6, 6.07) is 5.98. The Bertz CT molecular complexity index is 1030.